The molecule has 1 aromatic carbocycles. The number of phenols is 1. The Morgan fingerprint density at radius 1 is 1.47 bits per heavy atom. The quantitative estimate of drug-likeness (QED) is 0.634. The summed E-state index contributed by atoms with van der Waals surface area (Å²) in [5.41, 5.74) is 0.0543. The lowest BCUT2D eigenvalue weighted by molar-refractivity contribution is 0.0385. The monoisotopic (exact) mass is 230 g/mol. The van der Waals surface area contributed by atoms with Gasteiger partial charge in [-0.05, 0) is 18.2 Å². The van der Waals surface area contributed by atoms with Crippen LogP contribution in [0.4, 0.5) is 0 Å². The molecule has 0 radical (unpaired) electrons. The summed E-state index contributed by atoms with van der Waals surface area (Å²) < 4.78 is 9.54. The van der Waals surface area contributed by atoms with Crippen molar-refractivity contribution >= 4 is 17.6 Å². The van der Waals surface area contributed by atoms with Crippen LogP contribution in [0, 0.1) is 0 Å². The van der Waals surface area contributed by atoms with Crippen LogP contribution in [0.3, 0.4) is 0 Å². The van der Waals surface area contributed by atoms with Crippen LogP contribution in [0.1, 0.15) is 10.4 Å². The zero-order valence-corrected chi connectivity index (χ0v) is 8.95. The van der Waals surface area contributed by atoms with Crippen molar-refractivity contribution in [1.82, 2.24) is 0 Å². The van der Waals surface area contributed by atoms with Gasteiger partial charge in [0.05, 0.1) is 6.61 Å². The molecule has 0 aliphatic heterocycles. The molecule has 0 aromatic heterocycles. The minimum absolute atomic E-state index is 0.0543. The van der Waals surface area contributed by atoms with Crippen molar-refractivity contribution in [2.45, 2.75) is 0 Å². The minimum atomic E-state index is -0.618. The van der Waals surface area contributed by atoms with Crippen LogP contribution < -0.4 is 0 Å². The highest BCUT2D eigenvalue weighted by Crippen LogP contribution is 2.21. The highest BCUT2D eigenvalue weighted by atomic mass is 35.5. The Kier molecular flexibility index (Phi) is 4.39. The summed E-state index contributed by atoms with van der Waals surface area (Å²) in [6.07, 6.45) is 0. The van der Waals surface area contributed by atoms with E-state index < -0.39 is 5.97 Å². The second-order valence-electron chi connectivity index (χ2n) is 2.79. The Labute approximate surface area is 92.4 Å². The normalized spacial score (nSPS) is 10.0. The van der Waals surface area contributed by atoms with Crippen LogP contribution >= 0.6 is 11.6 Å². The Bertz CT molecular complexity index is 351. The van der Waals surface area contributed by atoms with Crippen LogP contribution in [-0.2, 0) is 9.47 Å². The zero-order chi connectivity index (χ0) is 11.3. The second kappa shape index (κ2) is 5.58. The number of phenolic OH excluding ortho intramolecular Hbond substituents is 1. The third kappa shape index (κ3) is 3.42. The Morgan fingerprint density at radius 3 is 2.87 bits per heavy atom. The Balaban J connectivity index is 2.68. The van der Waals surface area contributed by atoms with Crippen molar-refractivity contribution in [3.8, 4) is 5.75 Å². The number of ether oxygens (including phenoxy) is 2. The second-order valence-corrected chi connectivity index (χ2v) is 3.23. The number of carbonyl (C=O) groups excluding carboxylic acids is 1. The number of benzene rings is 1. The van der Waals surface area contributed by atoms with E-state index in [0.717, 1.165) is 0 Å². The van der Waals surface area contributed by atoms with Gasteiger partial charge in [-0.15, -0.1) is 0 Å². The van der Waals surface area contributed by atoms with Crippen LogP contribution in [0.5, 0.6) is 5.75 Å². The number of rotatable bonds is 4. The molecule has 0 aliphatic rings. The molecule has 4 nitrogen and oxygen atoms in total. The van der Waals surface area contributed by atoms with E-state index in [-0.39, 0.29) is 17.9 Å². The minimum Gasteiger partial charge on any atom is -0.507 e. The first kappa shape index (κ1) is 11.8. The number of methoxy groups -OCH3 is 1. The fraction of sp³-hybridized carbons (Fsp3) is 0.300. The Hall–Kier alpha value is -1.26. The van der Waals surface area contributed by atoms with Crippen LogP contribution in [0.25, 0.3) is 0 Å². The Morgan fingerprint density at radius 2 is 2.20 bits per heavy atom. The summed E-state index contributed by atoms with van der Waals surface area (Å²) in [6, 6.07) is 4.18. The number of esters is 1. The topological polar surface area (TPSA) is 55.8 Å². The van der Waals surface area contributed by atoms with Crippen molar-refractivity contribution in [1.29, 1.82) is 0 Å². The molecule has 5 heteroatoms. The van der Waals surface area contributed by atoms with Crippen molar-refractivity contribution in [2.24, 2.45) is 0 Å². The van der Waals surface area contributed by atoms with E-state index in [9.17, 15) is 9.90 Å². The van der Waals surface area contributed by atoms with Gasteiger partial charge in [-0.3, -0.25) is 0 Å². The third-order valence-electron chi connectivity index (χ3n) is 1.70. The lowest BCUT2D eigenvalue weighted by Gasteiger charge is -2.05. The lowest BCUT2D eigenvalue weighted by atomic mass is 10.2. The molecule has 1 rings (SSSR count). The first-order valence-corrected chi connectivity index (χ1v) is 4.67. The first-order valence-electron chi connectivity index (χ1n) is 4.29. The van der Waals surface area contributed by atoms with E-state index in [2.05, 4.69) is 0 Å². The van der Waals surface area contributed by atoms with E-state index in [0.29, 0.717) is 11.6 Å². The molecule has 0 aliphatic carbocycles. The smallest absolute Gasteiger partial charge is 0.342 e. The molecule has 0 bridgehead atoms. The van der Waals surface area contributed by atoms with Crippen LogP contribution in [-0.4, -0.2) is 31.4 Å². The molecule has 1 N–H and O–H groups in total. The van der Waals surface area contributed by atoms with E-state index >= 15 is 0 Å². The van der Waals surface area contributed by atoms with Crippen LogP contribution in [0.15, 0.2) is 18.2 Å². The SMILES string of the molecule is COCCOC(=O)c1cc(Cl)ccc1O. The van der Waals surface area contributed by atoms with E-state index in [1.807, 2.05) is 0 Å². The lowest BCUT2D eigenvalue weighted by Crippen LogP contribution is -2.10. The fourth-order valence-corrected chi connectivity index (χ4v) is 1.14. The van der Waals surface area contributed by atoms with Gasteiger partial charge in [0.25, 0.3) is 0 Å². The highest BCUT2D eigenvalue weighted by Gasteiger charge is 2.12. The number of carbonyl (C=O) groups is 1. The first-order chi connectivity index (χ1) is 7.15. The fourth-order valence-electron chi connectivity index (χ4n) is 0.967. The zero-order valence-electron chi connectivity index (χ0n) is 8.20. The standard InChI is InChI=1S/C10H11ClO4/c1-14-4-5-15-10(13)8-6-7(11)2-3-9(8)12/h2-3,6,12H,4-5H2,1H3. The molecule has 0 unspecified atom stereocenters. The highest BCUT2D eigenvalue weighted by molar-refractivity contribution is 6.31. The summed E-state index contributed by atoms with van der Waals surface area (Å²) in [7, 11) is 1.50. The van der Waals surface area contributed by atoms with Gasteiger partial charge in [0, 0.05) is 12.1 Å². The van der Waals surface area contributed by atoms with Gasteiger partial charge in [0.2, 0.25) is 0 Å². The predicted molar refractivity (Wildman–Crippen MR) is 55.3 cm³/mol. The molecule has 0 fully saturated rings. The van der Waals surface area contributed by atoms with Gasteiger partial charge < -0.3 is 14.6 Å². The van der Waals surface area contributed by atoms with Gasteiger partial charge in [-0.2, -0.15) is 0 Å². The molecule has 0 spiro atoms. The maximum Gasteiger partial charge on any atom is 0.342 e. The maximum atomic E-state index is 11.4. The van der Waals surface area contributed by atoms with Gasteiger partial charge in [-0.25, -0.2) is 4.79 Å². The molecular formula is C10H11ClO4. The van der Waals surface area contributed by atoms with Gasteiger partial charge in [0.1, 0.15) is 17.9 Å². The van der Waals surface area contributed by atoms with Crippen molar-refractivity contribution < 1.29 is 19.4 Å². The van der Waals surface area contributed by atoms with E-state index in [1.54, 1.807) is 0 Å². The van der Waals surface area contributed by atoms with E-state index in [4.69, 9.17) is 21.1 Å². The molecule has 1 aromatic rings. The summed E-state index contributed by atoms with van der Waals surface area (Å²) in [4.78, 5) is 11.4. The molecule has 0 amide bonds. The number of aromatic hydroxyl groups is 1. The predicted octanol–water partition coefficient (Wildman–Crippen LogP) is 1.85. The van der Waals surface area contributed by atoms with Crippen LogP contribution in [0.2, 0.25) is 5.02 Å². The van der Waals surface area contributed by atoms with Gasteiger partial charge in [0.15, 0.2) is 0 Å². The molecular weight excluding hydrogens is 220 g/mol. The molecule has 82 valence electrons. The molecule has 15 heavy (non-hydrogen) atoms. The summed E-state index contributed by atoms with van der Waals surface area (Å²) >= 11 is 5.68. The van der Waals surface area contributed by atoms with E-state index in [1.165, 1.54) is 25.3 Å². The summed E-state index contributed by atoms with van der Waals surface area (Å²) in [6.45, 7) is 0.453. The van der Waals surface area contributed by atoms with Crippen molar-refractivity contribution in [3.63, 3.8) is 0 Å². The molecule has 0 saturated heterocycles. The third-order valence-corrected chi connectivity index (χ3v) is 1.93. The van der Waals surface area contributed by atoms with Gasteiger partial charge in [-0.1, -0.05) is 11.6 Å². The number of halogens is 1. The summed E-state index contributed by atoms with van der Waals surface area (Å²) in [5, 5.41) is 9.74. The number of hydrogen-bond donors (Lipinski definition) is 1. The molecule has 0 heterocycles. The molecule has 0 atom stereocenters. The number of hydrogen-bond acceptors (Lipinski definition) is 4. The average Bonchev–Trinajstić information content (AvgIpc) is 2.22. The largest absolute Gasteiger partial charge is 0.507 e. The average molecular weight is 231 g/mol. The van der Waals surface area contributed by atoms with Gasteiger partial charge >= 0.3 is 5.97 Å². The summed E-state index contributed by atoms with van der Waals surface area (Å²) in [5.74, 6) is -0.770. The molecule has 0 saturated carbocycles. The van der Waals surface area contributed by atoms with Crippen molar-refractivity contribution in [3.05, 3.63) is 28.8 Å². The maximum absolute atomic E-state index is 11.4. The van der Waals surface area contributed by atoms with Crippen molar-refractivity contribution in [2.75, 3.05) is 20.3 Å².